The Balaban J connectivity index is 2.67. The van der Waals surface area contributed by atoms with Gasteiger partial charge in [0.05, 0.1) is 6.61 Å². The van der Waals surface area contributed by atoms with E-state index in [9.17, 15) is 4.79 Å². The summed E-state index contributed by atoms with van der Waals surface area (Å²) in [6.45, 7) is 2.36. The fraction of sp³-hybridized carbons (Fsp3) is 0.364. The van der Waals surface area contributed by atoms with Crippen LogP contribution < -0.4 is 11.3 Å². The van der Waals surface area contributed by atoms with Crippen LogP contribution in [0, 0.1) is 6.92 Å². The van der Waals surface area contributed by atoms with Crippen LogP contribution in [0.4, 0.5) is 0 Å². The van der Waals surface area contributed by atoms with Gasteiger partial charge in [0.1, 0.15) is 5.25 Å². The Morgan fingerprint density at radius 2 is 2.12 bits per heavy atom. The molecule has 3 N–H and O–H groups in total. The highest BCUT2D eigenvalue weighted by Crippen LogP contribution is 2.23. The number of hydrazine groups is 1. The molecule has 88 valence electrons. The number of aryl methyl sites for hydroxylation is 1. The molecule has 1 unspecified atom stereocenters. The lowest BCUT2D eigenvalue weighted by atomic mass is 10.2. The minimum Gasteiger partial charge on any atom is -0.383 e. The molecule has 0 aliphatic rings. The third kappa shape index (κ3) is 3.84. The molecular formula is C11H16N2O2S. The lowest BCUT2D eigenvalue weighted by Crippen LogP contribution is -2.39. The van der Waals surface area contributed by atoms with Gasteiger partial charge >= 0.3 is 0 Å². The Kier molecular flexibility index (Phi) is 5.31. The average molecular weight is 240 g/mol. The molecule has 0 heterocycles. The van der Waals surface area contributed by atoms with Gasteiger partial charge in [-0.25, -0.2) is 5.84 Å². The number of carbonyl (C=O) groups is 1. The van der Waals surface area contributed by atoms with E-state index < -0.39 is 0 Å². The van der Waals surface area contributed by atoms with Crippen molar-refractivity contribution >= 4 is 17.7 Å². The molecule has 1 atom stereocenters. The highest BCUT2D eigenvalue weighted by molar-refractivity contribution is 8.00. The van der Waals surface area contributed by atoms with Gasteiger partial charge in [0.15, 0.2) is 0 Å². The SMILES string of the molecule is COCC(Sc1ccc(C)cc1)C(=O)NN. The van der Waals surface area contributed by atoms with Gasteiger partial charge in [-0.2, -0.15) is 0 Å². The lowest BCUT2D eigenvalue weighted by Gasteiger charge is -2.13. The third-order valence-electron chi connectivity index (χ3n) is 2.05. The molecule has 1 rings (SSSR count). The Labute approximate surface area is 99.5 Å². The first-order valence-corrected chi connectivity index (χ1v) is 5.78. The van der Waals surface area contributed by atoms with Gasteiger partial charge in [-0.15, -0.1) is 11.8 Å². The summed E-state index contributed by atoms with van der Waals surface area (Å²) >= 11 is 1.44. The van der Waals surface area contributed by atoms with Crippen LogP contribution in [-0.2, 0) is 9.53 Å². The molecule has 0 spiro atoms. The molecule has 1 aromatic rings. The molecular weight excluding hydrogens is 224 g/mol. The largest absolute Gasteiger partial charge is 0.383 e. The molecule has 0 bridgehead atoms. The minimum atomic E-state index is -0.322. The van der Waals surface area contributed by atoms with Gasteiger partial charge in [0.2, 0.25) is 5.91 Å². The Morgan fingerprint density at radius 3 is 2.62 bits per heavy atom. The summed E-state index contributed by atoms with van der Waals surface area (Å²) in [7, 11) is 1.56. The smallest absolute Gasteiger partial charge is 0.249 e. The van der Waals surface area contributed by atoms with Crippen LogP contribution in [0.3, 0.4) is 0 Å². The highest BCUT2D eigenvalue weighted by Gasteiger charge is 2.18. The molecule has 0 saturated heterocycles. The van der Waals surface area contributed by atoms with Crippen LogP contribution in [-0.4, -0.2) is 24.9 Å². The van der Waals surface area contributed by atoms with E-state index >= 15 is 0 Å². The van der Waals surface area contributed by atoms with Crippen LogP contribution in [0.5, 0.6) is 0 Å². The number of nitrogens with two attached hydrogens (primary N) is 1. The van der Waals surface area contributed by atoms with Crippen LogP contribution in [0.2, 0.25) is 0 Å². The van der Waals surface area contributed by atoms with Gasteiger partial charge in [0.25, 0.3) is 0 Å². The molecule has 0 aromatic heterocycles. The number of hydrogen-bond acceptors (Lipinski definition) is 4. The number of carbonyl (C=O) groups excluding carboxylic acids is 1. The van der Waals surface area contributed by atoms with E-state index in [4.69, 9.17) is 10.6 Å². The maximum Gasteiger partial charge on any atom is 0.249 e. The van der Waals surface area contributed by atoms with Crippen LogP contribution >= 0.6 is 11.8 Å². The fourth-order valence-electron chi connectivity index (χ4n) is 1.19. The fourth-order valence-corrected chi connectivity index (χ4v) is 2.19. The van der Waals surface area contributed by atoms with Crippen molar-refractivity contribution in [1.29, 1.82) is 0 Å². The molecule has 5 heteroatoms. The summed E-state index contributed by atoms with van der Waals surface area (Å²) in [5.41, 5.74) is 3.33. The van der Waals surface area contributed by atoms with Crippen molar-refractivity contribution in [2.75, 3.05) is 13.7 Å². The van der Waals surface area contributed by atoms with Crippen LogP contribution in [0.25, 0.3) is 0 Å². The van der Waals surface area contributed by atoms with E-state index in [1.165, 1.54) is 17.3 Å². The van der Waals surface area contributed by atoms with Gasteiger partial charge in [0, 0.05) is 12.0 Å². The third-order valence-corrected chi connectivity index (χ3v) is 3.23. The van der Waals surface area contributed by atoms with Crippen molar-refractivity contribution in [3.8, 4) is 0 Å². The van der Waals surface area contributed by atoms with E-state index in [0.717, 1.165) is 4.90 Å². The number of benzene rings is 1. The highest BCUT2D eigenvalue weighted by atomic mass is 32.2. The van der Waals surface area contributed by atoms with Crippen molar-refractivity contribution < 1.29 is 9.53 Å². The van der Waals surface area contributed by atoms with E-state index in [1.54, 1.807) is 7.11 Å². The van der Waals surface area contributed by atoms with Gasteiger partial charge in [-0.05, 0) is 19.1 Å². The van der Waals surface area contributed by atoms with Crippen LogP contribution in [0.1, 0.15) is 5.56 Å². The van der Waals surface area contributed by atoms with Crippen molar-refractivity contribution in [2.45, 2.75) is 17.1 Å². The van der Waals surface area contributed by atoms with Crippen molar-refractivity contribution in [2.24, 2.45) is 5.84 Å². The molecule has 0 aliphatic carbocycles. The standard InChI is InChI=1S/C11H16N2O2S/c1-8-3-5-9(6-4-8)16-10(7-15-2)11(14)13-12/h3-6,10H,7,12H2,1-2H3,(H,13,14). The van der Waals surface area contributed by atoms with Gasteiger partial charge in [-0.3, -0.25) is 10.2 Å². The molecule has 0 aliphatic heterocycles. The Hall–Kier alpha value is -1.04. The number of rotatable bonds is 5. The number of nitrogens with one attached hydrogen (secondary N) is 1. The second kappa shape index (κ2) is 6.52. The van der Waals surface area contributed by atoms with Crippen LogP contribution in [0.15, 0.2) is 29.2 Å². The Morgan fingerprint density at radius 1 is 1.50 bits per heavy atom. The van der Waals surface area contributed by atoms with E-state index in [1.807, 2.05) is 31.2 Å². The molecule has 4 nitrogen and oxygen atoms in total. The van der Waals surface area contributed by atoms with Crippen molar-refractivity contribution in [1.82, 2.24) is 5.43 Å². The van der Waals surface area contributed by atoms with Gasteiger partial charge in [-0.1, -0.05) is 17.7 Å². The summed E-state index contributed by atoms with van der Waals surface area (Å²) in [6.07, 6.45) is 0. The van der Waals surface area contributed by atoms with E-state index in [0.29, 0.717) is 6.61 Å². The predicted molar refractivity (Wildman–Crippen MR) is 65.0 cm³/mol. The molecule has 1 aromatic carbocycles. The number of thioether (sulfide) groups is 1. The van der Waals surface area contributed by atoms with E-state index in [-0.39, 0.29) is 11.2 Å². The van der Waals surface area contributed by atoms with E-state index in [2.05, 4.69) is 5.43 Å². The average Bonchev–Trinajstić information content (AvgIpc) is 2.30. The number of methoxy groups -OCH3 is 1. The van der Waals surface area contributed by atoms with Gasteiger partial charge < -0.3 is 4.74 Å². The topological polar surface area (TPSA) is 64.3 Å². The maximum atomic E-state index is 11.4. The molecule has 0 fully saturated rings. The molecule has 0 radical (unpaired) electrons. The number of amides is 1. The zero-order chi connectivity index (χ0) is 12.0. The normalized spacial score (nSPS) is 12.2. The summed E-state index contributed by atoms with van der Waals surface area (Å²) in [5.74, 6) is 4.88. The first-order chi connectivity index (χ1) is 7.67. The maximum absolute atomic E-state index is 11.4. The molecule has 16 heavy (non-hydrogen) atoms. The number of hydrogen-bond donors (Lipinski definition) is 2. The lowest BCUT2D eigenvalue weighted by molar-refractivity contribution is -0.121. The minimum absolute atomic E-state index is 0.229. The first kappa shape index (κ1) is 13.0. The molecule has 1 amide bonds. The monoisotopic (exact) mass is 240 g/mol. The zero-order valence-corrected chi connectivity index (χ0v) is 10.2. The first-order valence-electron chi connectivity index (χ1n) is 4.90. The zero-order valence-electron chi connectivity index (χ0n) is 9.40. The number of ether oxygens (including phenoxy) is 1. The predicted octanol–water partition coefficient (Wildman–Crippen LogP) is 1.09. The second-order valence-corrected chi connectivity index (χ2v) is 4.66. The second-order valence-electron chi connectivity index (χ2n) is 3.38. The quantitative estimate of drug-likeness (QED) is 0.350. The summed E-state index contributed by atoms with van der Waals surface area (Å²) in [6, 6.07) is 7.97. The Bertz CT molecular complexity index is 340. The van der Waals surface area contributed by atoms with Crippen molar-refractivity contribution in [3.63, 3.8) is 0 Å². The summed E-state index contributed by atoms with van der Waals surface area (Å²) in [5, 5.41) is -0.322. The molecule has 0 saturated carbocycles. The summed E-state index contributed by atoms with van der Waals surface area (Å²) < 4.78 is 4.99. The summed E-state index contributed by atoms with van der Waals surface area (Å²) in [4.78, 5) is 12.5. The van der Waals surface area contributed by atoms with Crippen molar-refractivity contribution in [3.05, 3.63) is 29.8 Å².